The molecule has 0 saturated heterocycles. The van der Waals surface area contributed by atoms with E-state index in [1.807, 2.05) is 43.3 Å². The van der Waals surface area contributed by atoms with E-state index in [4.69, 9.17) is 4.74 Å². The van der Waals surface area contributed by atoms with Crippen molar-refractivity contribution in [3.8, 4) is 0 Å². The molecule has 0 fully saturated rings. The predicted molar refractivity (Wildman–Crippen MR) is 105 cm³/mol. The van der Waals surface area contributed by atoms with E-state index in [1.165, 1.54) is 31.4 Å². The SMILES string of the molecule is COCCNS(=O)(=O)c1ccc(C(=O)NCc2cccc(N(C)C)c2)cc1. The lowest BCUT2D eigenvalue weighted by Gasteiger charge is -2.14. The second-order valence-electron chi connectivity index (χ2n) is 6.16. The third kappa shape index (κ3) is 6.06. The van der Waals surface area contributed by atoms with Gasteiger partial charge in [-0.3, -0.25) is 4.79 Å². The summed E-state index contributed by atoms with van der Waals surface area (Å²) in [5.41, 5.74) is 2.43. The van der Waals surface area contributed by atoms with E-state index >= 15 is 0 Å². The molecule has 0 saturated carbocycles. The number of anilines is 1. The van der Waals surface area contributed by atoms with Crippen molar-refractivity contribution in [2.75, 3.05) is 39.3 Å². The Kier molecular flexibility index (Phi) is 7.35. The molecule has 0 aromatic heterocycles. The normalized spacial score (nSPS) is 11.2. The summed E-state index contributed by atoms with van der Waals surface area (Å²) >= 11 is 0. The van der Waals surface area contributed by atoms with Crippen LogP contribution in [0, 0.1) is 0 Å². The molecule has 0 bridgehead atoms. The monoisotopic (exact) mass is 391 g/mol. The Morgan fingerprint density at radius 2 is 1.81 bits per heavy atom. The van der Waals surface area contributed by atoms with Gasteiger partial charge >= 0.3 is 0 Å². The van der Waals surface area contributed by atoms with Crippen LogP contribution in [0.4, 0.5) is 5.69 Å². The molecule has 0 atom stereocenters. The van der Waals surface area contributed by atoms with Crippen molar-refractivity contribution < 1.29 is 17.9 Å². The highest BCUT2D eigenvalue weighted by atomic mass is 32.2. The van der Waals surface area contributed by atoms with Crippen LogP contribution in [0.2, 0.25) is 0 Å². The van der Waals surface area contributed by atoms with Crippen LogP contribution in [0.3, 0.4) is 0 Å². The Hall–Kier alpha value is -2.42. The molecule has 2 rings (SSSR count). The molecule has 7 nitrogen and oxygen atoms in total. The molecule has 27 heavy (non-hydrogen) atoms. The number of rotatable bonds is 9. The zero-order valence-corrected chi connectivity index (χ0v) is 16.5. The lowest BCUT2D eigenvalue weighted by atomic mass is 10.1. The number of sulfonamides is 1. The summed E-state index contributed by atoms with van der Waals surface area (Å²) in [6, 6.07) is 13.7. The highest BCUT2D eigenvalue weighted by molar-refractivity contribution is 7.89. The first kappa shape index (κ1) is 20.9. The lowest BCUT2D eigenvalue weighted by Crippen LogP contribution is -2.27. The first-order valence-corrected chi connectivity index (χ1v) is 9.95. The van der Waals surface area contributed by atoms with Crippen LogP contribution in [0.15, 0.2) is 53.4 Å². The highest BCUT2D eigenvalue weighted by Crippen LogP contribution is 2.14. The second-order valence-corrected chi connectivity index (χ2v) is 7.93. The van der Waals surface area contributed by atoms with E-state index in [0.29, 0.717) is 12.1 Å². The standard InChI is InChI=1S/C19H25N3O4S/c1-22(2)17-6-4-5-15(13-17)14-20-19(23)16-7-9-18(10-8-16)27(24,25)21-11-12-26-3/h4-10,13,21H,11-12,14H2,1-3H3,(H,20,23). The largest absolute Gasteiger partial charge is 0.383 e. The van der Waals surface area contributed by atoms with Crippen molar-refractivity contribution in [2.24, 2.45) is 0 Å². The quantitative estimate of drug-likeness (QED) is 0.634. The van der Waals surface area contributed by atoms with Gasteiger partial charge in [0.25, 0.3) is 5.91 Å². The van der Waals surface area contributed by atoms with Crippen molar-refractivity contribution in [3.63, 3.8) is 0 Å². The number of ether oxygens (including phenoxy) is 1. The third-order valence-electron chi connectivity index (χ3n) is 3.91. The number of benzene rings is 2. The van der Waals surface area contributed by atoms with E-state index in [9.17, 15) is 13.2 Å². The Balaban J connectivity index is 1.98. The molecule has 2 N–H and O–H groups in total. The van der Waals surface area contributed by atoms with Crippen molar-refractivity contribution in [3.05, 3.63) is 59.7 Å². The Morgan fingerprint density at radius 1 is 1.11 bits per heavy atom. The Bertz CT molecular complexity index is 865. The number of hydrogen-bond donors (Lipinski definition) is 2. The molecule has 1 amide bonds. The first-order chi connectivity index (χ1) is 12.8. The average molecular weight is 391 g/mol. The maximum atomic E-state index is 12.3. The fraction of sp³-hybridized carbons (Fsp3) is 0.316. The van der Waals surface area contributed by atoms with E-state index in [2.05, 4.69) is 10.0 Å². The molecule has 2 aromatic carbocycles. The Labute approximate surface area is 160 Å². The topological polar surface area (TPSA) is 87.7 Å². The number of carbonyl (C=O) groups excluding carboxylic acids is 1. The zero-order chi connectivity index (χ0) is 19.9. The minimum Gasteiger partial charge on any atom is -0.383 e. The molecule has 8 heteroatoms. The van der Waals surface area contributed by atoms with Gasteiger partial charge in [-0.1, -0.05) is 12.1 Å². The molecular formula is C19H25N3O4S. The number of amides is 1. The van der Waals surface area contributed by atoms with Gasteiger partial charge in [-0.05, 0) is 42.0 Å². The van der Waals surface area contributed by atoms with Gasteiger partial charge in [0.15, 0.2) is 0 Å². The Morgan fingerprint density at radius 3 is 2.44 bits per heavy atom. The minimum absolute atomic E-state index is 0.105. The van der Waals surface area contributed by atoms with Crippen LogP contribution in [-0.4, -0.2) is 48.7 Å². The molecule has 0 spiro atoms. The van der Waals surface area contributed by atoms with Crippen LogP contribution in [0.5, 0.6) is 0 Å². The van der Waals surface area contributed by atoms with Gasteiger partial charge in [0.2, 0.25) is 10.0 Å². The van der Waals surface area contributed by atoms with Gasteiger partial charge in [0, 0.05) is 45.5 Å². The molecule has 0 radical (unpaired) electrons. The average Bonchev–Trinajstić information content (AvgIpc) is 2.66. The van der Waals surface area contributed by atoms with Crippen LogP contribution in [0.1, 0.15) is 15.9 Å². The molecule has 0 aliphatic carbocycles. The molecule has 2 aromatic rings. The van der Waals surface area contributed by atoms with Crippen molar-refractivity contribution in [1.82, 2.24) is 10.0 Å². The van der Waals surface area contributed by atoms with Crippen molar-refractivity contribution in [1.29, 1.82) is 0 Å². The van der Waals surface area contributed by atoms with Crippen LogP contribution in [0.25, 0.3) is 0 Å². The summed E-state index contributed by atoms with van der Waals surface area (Å²) in [7, 11) is 1.80. The van der Waals surface area contributed by atoms with E-state index in [-0.39, 0.29) is 24.0 Å². The maximum Gasteiger partial charge on any atom is 0.251 e. The summed E-state index contributed by atoms with van der Waals surface area (Å²) in [4.78, 5) is 14.4. The second kappa shape index (κ2) is 9.50. The summed E-state index contributed by atoms with van der Waals surface area (Å²) < 4.78 is 31.5. The van der Waals surface area contributed by atoms with Gasteiger partial charge in [0.1, 0.15) is 0 Å². The molecule has 146 valence electrons. The molecule has 0 heterocycles. The number of carbonyl (C=O) groups is 1. The minimum atomic E-state index is -3.61. The lowest BCUT2D eigenvalue weighted by molar-refractivity contribution is 0.0951. The van der Waals surface area contributed by atoms with E-state index in [0.717, 1.165) is 11.3 Å². The fourth-order valence-electron chi connectivity index (χ4n) is 2.38. The summed E-state index contributed by atoms with van der Waals surface area (Å²) in [6.45, 7) is 0.862. The van der Waals surface area contributed by atoms with Gasteiger partial charge in [-0.15, -0.1) is 0 Å². The third-order valence-corrected chi connectivity index (χ3v) is 5.38. The summed E-state index contributed by atoms with van der Waals surface area (Å²) in [6.07, 6.45) is 0. The number of hydrogen-bond acceptors (Lipinski definition) is 5. The maximum absolute atomic E-state index is 12.3. The number of nitrogens with zero attached hydrogens (tertiary/aromatic N) is 1. The van der Waals surface area contributed by atoms with Crippen molar-refractivity contribution in [2.45, 2.75) is 11.4 Å². The van der Waals surface area contributed by atoms with Gasteiger partial charge in [-0.2, -0.15) is 0 Å². The number of nitrogens with one attached hydrogen (secondary N) is 2. The zero-order valence-electron chi connectivity index (χ0n) is 15.7. The van der Waals surface area contributed by atoms with E-state index < -0.39 is 10.0 Å². The first-order valence-electron chi connectivity index (χ1n) is 8.46. The number of methoxy groups -OCH3 is 1. The predicted octanol–water partition coefficient (Wildman–Crippen LogP) is 1.61. The fourth-order valence-corrected chi connectivity index (χ4v) is 3.39. The smallest absolute Gasteiger partial charge is 0.251 e. The molecule has 0 aliphatic heterocycles. The van der Waals surface area contributed by atoms with Gasteiger partial charge in [0.05, 0.1) is 11.5 Å². The highest BCUT2D eigenvalue weighted by Gasteiger charge is 2.14. The summed E-state index contributed by atoms with van der Waals surface area (Å²) in [5.74, 6) is -0.262. The van der Waals surface area contributed by atoms with Crippen LogP contribution < -0.4 is 14.9 Å². The van der Waals surface area contributed by atoms with Crippen LogP contribution >= 0.6 is 0 Å². The van der Waals surface area contributed by atoms with E-state index in [1.54, 1.807) is 0 Å². The van der Waals surface area contributed by atoms with Gasteiger partial charge < -0.3 is 15.0 Å². The summed E-state index contributed by atoms with van der Waals surface area (Å²) in [5, 5.41) is 2.84. The molecular weight excluding hydrogens is 366 g/mol. The van der Waals surface area contributed by atoms with Crippen molar-refractivity contribution >= 4 is 21.6 Å². The molecule has 0 unspecified atom stereocenters. The van der Waals surface area contributed by atoms with Gasteiger partial charge in [-0.25, -0.2) is 13.1 Å². The van der Waals surface area contributed by atoms with Crippen LogP contribution in [-0.2, 0) is 21.3 Å². The molecule has 0 aliphatic rings.